The maximum Gasteiger partial charge on any atom is 0.224 e. The summed E-state index contributed by atoms with van der Waals surface area (Å²) in [5.74, 6) is 1.56. The van der Waals surface area contributed by atoms with Crippen LogP contribution in [-0.2, 0) is 17.8 Å². The lowest BCUT2D eigenvalue weighted by molar-refractivity contribution is -0.122. The third-order valence-corrected chi connectivity index (χ3v) is 5.21. The van der Waals surface area contributed by atoms with Crippen LogP contribution in [0.15, 0.2) is 28.8 Å². The van der Waals surface area contributed by atoms with Gasteiger partial charge in [-0.05, 0) is 44.4 Å². The minimum Gasteiger partial charge on any atom is -0.489 e. The second-order valence-electron chi connectivity index (χ2n) is 7.15. The van der Waals surface area contributed by atoms with Gasteiger partial charge < -0.3 is 20.3 Å². The molecule has 6 heteroatoms. The molecule has 1 aliphatic carbocycles. The van der Waals surface area contributed by atoms with Crippen molar-refractivity contribution in [1.82, 2.24) is 10.5 Å². The van der Waals surface area contributed by atoms with Crippen molar-refractivity contribution in [2.24, 2.45) is 5.73 Å². The van der Waals surface area contributed by atoms with Gasteiger partial charge in [-0.1, -0.05) is 30.1 Å². The van der Waals surface area contributed by atoms with Crippen LogP contribution < -0.4 is 15.8 Å². The summed E-state index contributed by atoms with van der Waals surface area (Å²) in [6, 6.07) is 7.61. The zero-order valence-corrected chi connectivity index (χ0v) is 15.5. The highest BCUT2D eigenvalue weighted by molar-refractivity contribution is 5.79. The first-order chi connectivity index (χ1) is 12.5. The SMILES string of the molecule is Cc1noc(C)c1COc1ccc(CC(=O)NC2(CN)CCCC2)cc1. The van der Waals surface area contributed by atoms with Crippen molar-refractivity contribution in [1.29, 1.82) is 0 Å². The van der Waals surface area contributed by atoms with Gasteiger partial charge in [0.05, 0.1) is 23.2 Å². The molecule has 3 rings (SSSR count). The van der Waals surface area contributed by atoms with Crippen LogP contribution >= 0.6 is 0 Å². The molecule has 0 spiro atoms. The van der Waals surface area contributed by atoms with Crippen LogP contribution in [0, 0.1) is 13.8 Å². The van der Waals surface area contributed by atoms with Gasteiger partial charge in [0.2, 0.25) is 5.91 Å². The van der Waals surface area contributed by atoms with E-state index < -0.39 is 0 Å². The summed E-state index contributed by atoms with van der Waals surface area (Å²) in [6.07, 6.45) is 4.57. The highest BCUT2D eigenvalue weighted by atomic mass is 16.5. The number of benzene rings is 1. The van der Waals surface area contributed by atoms with Crippen molar-refractivity contribution >= 4 is 5.91 Å². The van der Waals surface area contributed by atoms with E-state index in [0.29, 0.717) is 19.6 Å². The van der Waals surface area contributed by atoms with Gasteiger partial charge in [-0.2, -0.15) is 0 Å². The van der Waals surface area contributed by atoms with E-state index in [1.807, 2.05) is 38.1 Å². The van der Waals surface area contributed by atoms with Crippen LogP contribution in [-0.4, -0.2) is 23.1 Å². The topological polar surface area (TPSA) is 90.4 Å². The summed E-state index contributed by atoms with van der Waals surface area (Å²) < 4.78 is 10.9. The molecule has 140 valence electrons. The van der Waals surface area contributed by atoms with Gasteiger partial charge in [-0.3, -0.25) is 4.79 Å². The second kappa shape index (κ2) is 7.91. The van der Waals surface area contributed by atoms with Crippen LogP contribution in [0.1, 0.15) is 48.3 Å². The third-order valence-electron chi connectivity index (χ3n) is 5.21. The molecule has 3 N–H and O–H groups in total. The quantitative estimate of drug-likeness (QED) is 0.795. The Bertz CT molecular complexity index is 727. The molecule has 6 nitrogen and oxygen atoms in total. The first-order valence-electron chi connectivity index (χ1n) is 9.16. The zero-order valence-electron chi connectivity index (χ0n) is 15.5. The van der Waals surface area contributed by atoms with E-state index >= 15 is 0 Å². The number of carbonyl (C=O) groups is 1. The number of aromatic nitrogens is 1. The van der Waals surface area contributed by atoms with Crippen molar-refractivity contribution in [2.45, 2.75) is 58.1 Å². The number of hydrogen-bond donors (Lipinski definition) is 2. The molecular weight excluding hydrogens is 330 g/mol. The molecule has 0 bridgehead atoms. The maximum atomic E-state index is 12.4. The predicted octanol–water partition coefficient (Wildman–Crippen LogP) is 2.80. The van der Waals surface area contributed by atoms with Gasteiger partial charge in [-0.15, -0.1) is 0 Å². The monoisotopic (exact) mass is 357 g/mol. The van der Waals surface area contributed by atoms with Gasteiger partial charge in [0.15, 0.2) is 0 Å². The minimum absolute atomic E-state index is 0.0294. The second-order valence-corrected chi connectivity index (χ2v) is 7.15. The van der Waals surface area contributed by atoms with Gasteiger partial charge in [0, 0.05) is 6.54 Å². The van der Waals surface area contributed by atoms with Crippen LogP contribution in [0.5, 0.6) is 5.75 Å². The van der Waals surface area contributed by atoms with Gasteiger partial charge >= 0.3 is 0 Å². The average Bonchev–Trinajstić information content (AvgIpc) is 3.22. The van der Waals surface area contributed by atoms with E-state index in [2.05, 4.69) is 10.5 Å². The highest BCUT2D eigenvalue weighted by Gasteiger charge is 2.33. The number of nitrogens with zero attached hydrogens (tertiary/aromatic N) is 1. The fraction of sp³-hybridized carbons (Fsp3) is 0.500. The standard InChI is InChI=1S/C20H27N3O3/c1-14-18(15(2)26-23-14)12-25-17-7-5-16(6-8-17)11-19(24)22-20(13-21)9-3-4-10-20/h5-8H,3-4,9-13,21H2,1-2H3,(H,22,24). The summed E-state index contributed by atoms with van der Waals surface area (Å²) in [4.78, 5) is 12.4. The smallest absolute Gasteiger partial charge is 0.224 e. The normalized spacial score (nSPS) is 15.8. The first kappa shape index (κ1) is 18.5. The Hall–Kier alpha value is -2.34. The Morgan fingerprint density at radius 3 is 2.54 bits per heavy atom. The van der Waals surface area contributed by atoms with Crippen LogP contribution in [0.2, 0.25) is 0 Å². The number of amides is 1. The molecule has 2 aromatic rings. The van der Waals surface area contributed by atoms with Crippen LogP contribution in [0.4, 0.5) is 0 Å². The third kappa shape index (κ3) is 4.25. The molecule has 1 saturated carbocycles. The van der Waals surface area contributed by atoms with Gasteiger partial charge in [0.25, 0.3) is 0 Å². The number of carbonyl (C=O) groups excluding carboxylic acids is 1. The van der Waals surface area contributed by atoms with Crippen LogP contribution in [0.25, 0.3) is 0 Å². The zero-order chi connectivity index (χ0) is 18.6. The number of nitrogens with two attached hydrogens (primary N) is 1. The van der Waals surface area contributed by atoms with Crippen molar-refractivity contribution in [2.75, 3.05) is 6.54 Å². The number of nitrogens with one attached hydrogen (secondary N) is 1. The lowest BCUT2D eigenvalue weighted by atomic mass is 9.97. The molecule has 0 aliphatic heterocycles. The van der Waals surface area contributed by atoms with Crippen molar-refractivity contribution in [3.8, 4) is 5.75 Å². The molecule has 0 unspecified atom stereocenters. The van der Waals surface area contributed by atoms with E-state index in [1.54, 1.807) is 0 Å². The number of rotatable bonds is 7. The fourth-order valence-electron chi connectivity index (χ4n) is 3.52. The van der Waals surface area contributed by atoms with Crippen molar-refractivity contribution < 1.29 is 14.1 Å². The van der Waals surface area contributed by atoms with E-state index in [4.69, 9.17) is 15.0 Å². The number of aryl methyl sites for hydroxylation is 2. The molecule has 1 aromatic heterocycles. The largest absolute Gasteiger partial charge is 0.489 e. The average molecular weight is 357 g/mol. The Balaban J connectivity index is 1.53. The summed E-state index contributed by atoms with van der Waals surface area (Å²) in [6.45, 7) is 4.70. The van der Waals surface area contributed by atoms with E-state index in [0.717, 1.165) is 54.0 Å². The maximum absolute atomic E-state index is 12.4. The summed E-state index contributed by atoms with van der Waals surface area (Å²) >= 11 is 0. The number of hydrogen-bond acceptors (Lipinski definition) is 5. The molecule has 0 atom stereocenters. The Morgan fingerprint density at radius 1 is 1.27 bits per heavy atom. The Kier molecular flexibility index (Phi) is 5.61. The lowest BCUT2D eigenvalue weighted by Crippen LogP contribution is -2.52. The molecule has 1 aromatic carbocycles. The molecule has 1 heterocycles. The van der Waals surface area contributed by atoms with Crippen LogP contribution in [0.3, 0.4) is 0 Å². The molecule has 0 saturated heterocycles. The van der Waals surface area contributed by atoms with E-state index in [1.165, 1.54) is 0 Å². The fourth-order valence-corrected chi connectivity index (χ4v) is 3.52. The number of ether oxygens (including phenoxy) is 1. The minimum atomic E-state index is -0.200. The summed E-state index contributed by atoms with van der Waals surface area (Å²) in [5.41, 5.74) is 8.45. The Morgan fingerprint density at radius 2 is 1.96 bits per heavy atom. The van der Waals surface area contributed by atoms with Crippen molar-refractivity contribution in [3.05, 3.63) is 46.8 Å². The Labute approximate surface area is 154 Å². The molecule has 1 aliphatic rings. The molecule has 26 heavy (non-hydrogen) atoms. The first-order valence-corrected chi connectivity index (χ1v) is 9.16. The lowest BCUT2D eigenvalue weighted by Gasteiger charge is -2.28. The summed E-state index contributed by atoms with van der Waals surface area (Å²) in [7, 11) is 0. The molecule has 0 radical (unpaired) electrons. The predicted molar refractivity (Wildman–Crippen MR) is 98.9 cm³/mol. The van der Waals surface area contributed by atoms with Gasteiger partial charge in [-0.25, -0.2) is 0 Å². The molecular formula is C20H27N3O3. The highest BCUT2D eigenvalue weighted by Crippen LogP contribution is 2.28. The van der Waals surface area contributed by atoms with E-state index in [-0.39, 0.29) is 11.4 Å². The van der Waals surface area contributed by atoms with E-state index in [9.17, 15) is 4.79 Å². The van der Waals surface area contributed by atoms with Crippen molar-refractivity contribution in [3.63, 3.8) is 0 Å². The molecule has 1 amide bonds. The summed E-state index contributed by atoms with van der Waals surface area (Å²) in [5, 5.41) is 7.07. The molecule has 1 fully saturated rings. The van der Waals surface area contributed by atoms with Gasteiger partial charge in [0.1, 0.15) is 18.1 Å².